The van der Waals surface area contributed by atoms with Crippen LogP contribution in [0.3, 0.4) is 0 Å². The summed E-state index contributed by atoms with van der Waals surface area (Å²) < 4.78 is 27.6. The van der Waals surface area contributed by atoms with Gasteiger partial charge in [0.2, 0.25) is 0 Å². The lowest BCUT2D eigenvalue weighted by Crippen LogP contribution is -2.38. The van der Waals surface area contributed by atoms with Gasteiger partial charge in [0, 0.05) is 18.2 Å². The first-order valence-electron chi connectivity index (χ1n) is 6.96. The number of nitrogens with zero attached hydrogens (tertiary/aromatic N) is 1. The Balaban J connectivity index is 2.03. The molecule has 0 amide bonds. The van der Waals surface area contributed by atoms with E-state index in [0.29, 0.717) is 12.1 Å². The number of sulfonamides is 1. The number of hydrogen-bond acceptors (Lipinski definition) is 5. The first-order chi connectivity index (χ1) is 9.63. The van der Waals surface area contributed by atoms with Crippen molar-refractivity contribution in [2.45, 2.75) is 43.8 Å². The Morgan fingerprint density at radius 2 is 2.20 bits per heavy atom. The Kier molecular flexibility index (Phi) is 5.88. The standard InChI is InChI=1S/C12H22N4O2S2/c1-2-5-13-8-10-9-14-15-12(10)20(17,18)16-11-3-6-19-7-4-11/h9,11,13,16H,2-8H2,1H3,(H,14,15). The van der Waals surface area contributed by atoms with Crippen molar-refractivity contribution in [3.8, 4) is 0 Å². The van der Waals surface area contributed by atoms with E-state index < -0.39 is 10.0 Å². The molecule has 0 spiro atoms. The van der Waals surface area contributed by atoms with E-state index in [9.17, 15) is 8.42 Å². The summed E-state index contributed by atoms with van der Waals surface area (Å²) in [5.41, 5.74) is 0.691. The van der Waals surface area contributed by atoms with Crippen molar-refractivity contribution in [2.24, 2.45) is 0 Å². The van der Waals surface area contributed by atoms with Gasteiger partial charge < -0.3 is 5.32 Å². The van der Waals surface area contributed by atoms with E-state index in [1.165, 1.54) is 0 Å². The summed E-state index contributed by atoms with van der Waals surface area (Å²) in [6.07, 6.45) is 4.37. The zero-order valence-corrected chi connectivity index (χ0v) is 13.3. The molecule has 0 aliphatic carbocycles. The maximum Gasteiger partial charge on any atom is 0.258 e. The van der Waals surface area contributed by atoms with Crippen LogP contribution < -0.4 is 10.0 Å². The van der Waals surface area contributed by atoms with Crippen LogP contribution in [0.4, 0.5) is 0 Å². The highest BCUT2D eigenvalue weighted by Crippen LogP contribution is 2.19. The van der Waals surface area contributed by atoms with Crippen molar-refractivity contribution in [1.82, 2.24) is 20.2 Å². The number of H-pyrrole nitrogens is 1. The fourth-order valence-corrected chi connectivity index (χ4v) is 4.69. The third-order valence-corrected chi connectivity index (χ3v) is 5.82. The zero-order valence-electron chi connectivity index (χ0n) is 11.7. The van der Waals surface area contributed by atoms with Gasteiger partial charge in [0.15, 0.2) is 5.03 Å². The van der Waals surface area contributed by atoms with E-state index in [1.807, 2.05) is 11.8 Å². The maximum atomic E-state index is 12.4. The largest absolute Gasteiger partial charge is 0.313 e. The van der Waals surface area contributed by atoms with Crippen LogP contribution >= 0.6 is 11.8 Å². The smallest absolute Gasteiger partial charge is 0.258 e. The predicted molar refractivity (Wildman–Crippen MR) is 81.3 cm³/mol. The molecule has 1 saturated heterocycles. The van der Waals surface area contributed by atoms with Gasteiger partial charge in [0.1, 0.15) is 0 Å². The van der Waals surface area contributed by atoms with Crippen LogP contribution in [-0.4, -0.2) is 42.7 Å². The second-order valence-corrected chi connectivity index (χ2v) is 7.78. The SMILES string of the molecule is CCCNCc1cn[nH]c1S(=O)(=O)NC1CCSCC1. The minimum atomic E-state index is -3.50. The molecule has 114 valence electrons. The average Bonchev–Trinajstić information content (AvgIpc) is 2.89. The number of hydrogen-bond donors (Lipinski definition) is 3. The Morgan fingerprint density at radius 3 is 2.90 bits per heavy atom. The topological polar surface area (TPSA) is 86.9 Å². The summed E-state index contributed by atoms with van der Waals surface area (Å²) in [7, 11) is -3.50. The number of aromatic amines is 1. The highest BCUT2D eigenvalue weighted by atomic mass is 32.2. The van der Waals surface area contributed by atoms with E-state index in [4.69, 9.17) is 0 Å². The summed E-state index contributed by atoms with van der Waals surface area (Å²) >= 11 is 1.87. The van der Waals surface area contributed by atoms with Crippen molar-refractivity contribution in [2.75, 3.05) is 18.1 Å². The van der Waals surface area contributed by atoms with Gasteiger partial charge in [-0.25, -0.2) is 13.1 Å². The number of aromatic nitrogens is 2. The molecule has 20 heavy (non-hydrogen) atoms. The fourth-order valence-electron chi connectivity index (χ4n) is 2.15. The Labute approximate surface area is 124 Å². The Morgan fingerprint density at radius 1 is 1.45 bits per heavy atom. The van der Waals surface area contributed by atoms with Crippen molar-refractivity contribution < 1.29 is 8.42 Å². The van der Waals surface area contributed by atoms with Crippen molar-refractivity contribution in [3.63, 3.8) is 0 Å². The van der Waals surface area contributed by atoms with Crippen LogP contribution in [0.5, 0.6) is 0 Å². The highest BCUT2D eigenvalue weighted by molar-refractivity contribution is 7.99. The average molecular weight is 318 g/mol. The van der Waals surface area contributed by atoms with Crippen LogP contribution in [0.2, 0.25) is 0 Å². The molecule has 1 aliphatic rings. The van der Waals surface area contributed by atoms with Gasteiger partial charge in [-0.1, -0.05) is 6.92 Å². The summed E-state index contributed by atoms with van der Waals surface area (Å²) in [5, 5.41) is 9.88. The Bertz CT molecular complexity index is 509. The molecule has 2 rings (SSSR count). The van der Waals surface area contributed by atoms with E-state index in [1.54, 1.807) is 6.20 Å². The van der Waals surface area contributed by atoms with Crippen LogP contribution in [0, 0.1) is 0 Å². The van der Waals surface area contributed by atoms with Crippen LogP contribution in [0.25, 0.3) is 0 Å². The first-order valence-corrected chi connectivity index (χ1v) is 9.60. The summed E-state index contributed by atoms with van der Waals surface area (Å²) in [6, 6.07) is 0.0426. The molecule has 1 fully saturated rings. The molecular formula is C12H22N4O2S2. The lowest BCUT2D eigenvalue weighted by Gasteiger charge is -2.22. The minimum Gasteiger partial charge on any atom is -0.313 e. The maximum absolute atomic E-state index is 12.4. The molecule has 0 unspecified atom stereocenters. The molecule has 2 heterocycles. The molecule has 8 heteroatoms. The van der Waals surface area contributed by atoms with Crippen molar-refractivity contribution >= 4 is 21.8 Å². The number of thioether (sulfide) groups is 1. The number of nitrogens with one attached hydrogen (secondary N) is 3. The molecule has 0 radical (unpaired) electrons. The van der Waals surface area contributed by atoms with Gasteiger partial charge in [0.25, 0.3) is 10.0 Å². The summed E-state index contributed by atoms with van der Waals surface area (Å²) in [4.78, 5) is 0. The van der Waals surface area contributed by atoms with Crippen molar-refractivity contribution in [3.05, 3.63) is 11.8 Å². The lowest BCUT2D eigenvalue weighted by atomic mass is 10.2. The molecule has 3 N–H and O–H groups in total. The second-order valence-electron chi connectivity index (χ2n) is 4.91. The third-order valence-electron chi connectivity index (χ3n) is 3.23. The van der Waals surface area contributed by atoms with Crippen LogP contribution in [0.15, 0.2) is 11.2 Å². The molecule has 0 bridgehead atoms. The molecule has 1 aromatic heterocycles. The van der Waals surface area contributed by atoms with Crippen LogP contribution in [0.1, 0.15) is 31.7 Å². The Hall–Kier alpha value is -0.570. The normalized spacial score (nSPS) is 17.4. The van der Waals surface area contributed by atoms with Gasteiger partial charge >= 0.3 is 0 Å². The van der Waals surface area contributed by atoms with E-state index in [0.717, 1.165) is 37.3 Å². The van der Waals surface area contributed by atoms with Gasteiger partial charge in [0.05, 0.1) is 6.20 Å². The van der Waals surface area contributed by atoms with Crippen molar-refractivity contribution in [1.29, 1.82) is 0 Å². The molecular weight excluding hydrogens is 296 g/mol. The summed E-state index contributed by atoms with van der Waals surface area (Å²) in [6.45, 7) is 3.45. The zero-order chi connectivity index (χ0) is 14.4. The fraction of sp³-hybridized carbons (Fsp3) is 0.750. The van der Waals surface area contributed by atoms with Crippen LogP contribution in [-0.2, 0) is 16.6 Å². The number of rotatable bonds is 7. The lowest BCUT2D eigenvalue weighted by molar-refractivity contribution is 0.524. The molecule has 1 aromatic rings. The first kappa shape index (κ1) is 15.8. The minimum absolute atomic E-state index is 0.0426. The van der Waals surface area contributed by atoms with E-state index in [-0.39, 0.29) is 11.1 Å². The molecule has 1 aliphatic heterocycles. The van der Waals surface area contributed by atoms with Gasteiger partial charge in [-0.15, -0.1) is 0 Å². The predicted octanol–water partition coefficient (Wildman–Crippen LogP) is 1.08. The molecule has 0 saturated carbocycles. The summed E-state index contributed by atoms with van der Waals surface area (Å²) in [5.74, 6) is 2.03. The molecule has 6 nitrogen and oxygen atoms in total. The quantitative estimate of drug-likeness (QED) is 0.655. The van der Waals surface area contributed by atoms with Gasteiger partial charge in [-0.2, -0.15) is 16.9 Å². The van der Waals surface area contributed by atoms with Gasteiger partial charge in [-0.3, -0.25) is 5.10 Å². The van der Waals surface area contributed by atoms with E-state index >= 15 is 0 Å². The van der Waals surface area contributed by atoms with E-state index in [2.05, 4.69) is 27.2 Å². The highest BCUT2D eigenvalue weighted by Gasteiger charge is 2.25. The third kappa shape index (κ3) is 4.21. The molecule has 0 aromatic carbocycles. The molecule has 0 atom stereocenters. The van der Waals surface area contributed by atoms with Gasteiger partial charge in [-0.05, 0) is 37.3 Å². The monoisotopic (exact) mass is 318 g/mol. The second kappa shape index (κ2) is 7.44.